The van der Waals surface area contributed by atoms with E-state index in [1.54, 1.807) is 4.90 Å². The first kappa shape index (κ1) is 15.1. The van der Waals surface area contributed by atoms with Gasteiger partial charge in [-0.3, -0.25) is 0 Å². The van der Waals surface area contributed by atoms with Gasteiger partial charge in [0.25, 0.3) is 0 Å². The number of nitrogens with zero attached hydrogens (tertiary/aromatic N) is 1. The van der Waals surface area contributed by atoms with Crippen LogP contribution in [-0.4, -0.2) is 52.4 Å². The normalized spacial score (nSPS) is 21.9. The second kappa shape index (κ2) is 6.01. The van der Waals surface area contributed by atoms with Crippen molar-refractivity contribution < 1.29 is 24.5 Å². The first-order valence-electron chi connectivity index (χ1n) is 6.64. The van der Waals surface area contributed by atoms with Crippen LogP contribution in [0, 0.1) is 0 Å². The number of urea groups is 1. The Balaban J connectivity index is 2.09. The Morgan fingerprint density at radius 3 is 2.48 bits per heavy atom. The molecule has 0 unspecified atom stereocenters. The third kappa shape index (κ3) is 3.63. The van der Waals surface area contributed by atoms with Gasteiger partial charge in [-0.25, -0.2) is 9.59 Å². The second-order valence-corrected chi connectivity index (χ2v) is 5.13. The second-order valence-electron chi connectivity index (χ2n) is 5.13. The van der Waals surface area contributed by atoms with Crippen molar-refractivity contribution in [1.82, 2.24) is 4.90 Å². The molecule has 1 fully saturated rings. The Bertz CT molecular complexity index is 550. The molecule has 0 spiro atoms. The SMILES string of the molecule is C[C@@H]1CN(C(=O)Nc2ccc(O)c(C(=O)O)c2)C[C@H](C)O1. The number of rotatable bonds is 2. The van der Waals surface area contributed by atoms with E-state index in [-0.39, 0.29) is 29.6 Å². The fourth-order valence-corrected chi connectivity index (χ4v) is 2.33. The van der Waals surface area contributed by atoms with Gasteiger partial charge in [0, 0.05) is 18.8 Å². The third-order valence-corrected chi connectivity index (χ3v) is 3.19. The number of anilines is 1. The van der Waals surface area contributed by atoms with Crippen LogP contribution in [0.5, 0.6) is 5.75 Å². The third-order valence-electron chi connectivity index (χ3n) is 3.19. The number of ether oxygens (including phenoxy) is 1. The summed E-state index contributed by atoms with van der Waals surface area (Å²) in [7, 11) is 0. The van der Waals surface area contributed by atoms with Crippen molar-refractivity contribution in [3.63, 3.8) is 0 Å². The largest absolute Gasteiger partial charge is 0.507 e. The summed E-state index contributed by atoms with van der Waals surface area (Å²) in [5.41, 5.74) is 0.0681. The number of aromatic hydroxyl groups is 1. The van der Waals surface area contributed by atoms with Crippen LogP contribution in [0.1, 0.15) is 24.2 Å². The Morgan fingerprint density at radius 1 is 1.29 bits per heavy atom. The molecule has 2 rings (SSSR count). The number of nitrogens with one attached hydrogen (secondary N) is 1. The fraction of sp³-hybridized carbons (Fsp3) is 0.429. The summed E-state index contributed by atoms with van der Waals surface area (Å²) in [4.78, 5) is 24.7. The summed E-state index contributed by atoms with van der Waals surface area (Å²) in [5, 5.41) is 21.0. The monoisotopic (exact) mass is 294 g/mol. The van der Waals surface area contributed by atoms with E-state index in [2.05, 4.69) is 5.32 Å². The molecule has 1 aliphatic heterocycles. The van der Waals surface area contributed by atoms with Crippen LogP contribution < -0.4 is 5.32 Å². The van der Waals surface area contributed by atoms with Crippen LogP contribution in [0.3, 0.4) is 0 Å². The van der Waals surface area contributed by atoms with Crippen LogP contribution in [-0.2, 0) is 4.74 Å². The van der Waals surface area contributed by atoms with Gasteiger partial charge in [0.05, 0.1) is 12.2 Å². The molecule has 7 heteroatoms. The molecule has 114 valence electrons. The van der Waals surface area contributed by atoms with Gasteiger partial charge in [-0.05, 0) is 32.0 Å². The number of morpholine rings is 1. The van der Waals surface area contributed by atoms with E-state index < -0.39 is 5.97 Å². The Hall–Kier alpha value is -2.28. The first-order chi connectivity index (χ1) is 9.86. The minimum Gasteiger partial charge on any atom is -0.507 e. The molecule has 2 amide bonds. The Morgan fingerprint density at radius 2 is 1.90 bits per heavy atom. The molecular formula is C14H18N2O5. The maximum absolute atomic E-state index is 12.2. The summed E-state index contributed by atoms with van der Waals surface area (Å²) in [6, 6.07) is 3.60. The standard InChI is InChI=1S/C14H18N2O5/c1-8-6-16(7-9(2)21-8)14(20)15-10-3-4-12(17)11(5-10)13(18)19/h3-5,8-9,17H,6-7H2,1-2H3,(H,15,20)(H,18,19)/t8-,9+. The lowest BCUT2D eigenvalue weighted by Crippen LogP contribution is -2.49. The summed E-state index contributed by atoms with van der Waals surface area (Å²) < 4.78 is 5.55. The maximum Gasteiger partial charge on any atom is 0.339 e. The average Bonchev–Trinajstić information content (AvgIpc) is 2.39. The zero-order valence-electron chi connectivity index (χ0n) is 11.9. The minimum absolute atomic E-state index is 0.0473. The van der Waals surface area contributed by atoms with Crippen LogP contribution in [0.25, 0.3) is 0 Å². The van der Waals surface area contributed by atoms with Crippen LogP contribution >= 0.6 is 0 Å². The van der Waals surface area contributed by atoms with E-state index >= 15 is 0 Å². The van der Waals surface area contributed by atoms with Crippen molar-refractivity contribution in [1.29, 1.82) is 0 Å². The van der Waals surface area contributed by atoms with Gasteiger partial charge in [-0.15, -0.1) is 0 Å². The van der Waals surface area contributed by atoms with Gasteiger partial charge < -0.3 is 25.2 Å². The van der Waals surface area contributed by atoms with Crippen molar-refractivity contribution >= 4 is 17.7 Å². The number of carbonyl (C=O) groups excluding carboxylic acids is 1. The van der Waals surface area contributed by atoms with Gasteiger partial charge in [0.2, 0.25) is 0 Å². The number of phenols is 1. The number of amides is 2. The van der Waals surface area contributed by atoms with Crippen molar-refractivity contribution in [2.75, 3.05) is 18.4 Å². The van der Waals surface area contributed by atoms with Crippen molar-refractivity contribution in [2.45, 2.75) is 26.1 Å². The number of carboxylic acid groups (broad SMARTS) is 1. The van der Waals surface area contributed by atoms with Crippen LogP contribution in [0.15, 0.2) is 18.2 Å². The van der Waals surface area contributed by atoms with Crippen molar-refractivity contribution in [2.24, 2.45) is 0 Å². The van der Waals surface area contributed by atoms with E-state index in [0.29, 0.717) is 18.8 Å². The summed E-state index contributed by atoms with van der Waals surface area (Å²) in [6.45, 7) is 4.72. The number of hydrogen-bond acceptors (Lipinski definition) is 4. The minimum atomic E-state index is -1.25. The smallest absolute Gasteiger partial charge is 0.339 e. The number of aromatic carboxylic acids is 1. The van der Waals surface area contributed by atoms with Crippen molar-refractivity contribution in [3.8, 4) is 5.75 Å². The van der Waals surface area contributed by atoms with Gasteiger partial charge in [-0.2, -0.15) is 0 Å². The fourth-order valence-electron chi connectivity index (χ4n) is 2.33. The lowest BCUT2D eigenvalue weighted by atomic mass is 10.2. The number of hydrogen-bond donors (Lipinski definition) is 3. The molecule has 1 aromatic rings. The molecule has 3 N–H and O–H groups in total. The zero-order valence-corrected chi connectivity index (χ0v) is 11.9. The molecule has 0 radical (unpaired) electrons. The molecular weight excluding hydrogens is 276 g/mol. The highest BCUT2D eigenvalue weighted by Gasteiger charge is 2.26. The molecule has 0 aromatic heterocycles. The molecule has 2 atom stereocenters. The predicted octanol–water partition coefficient (Wildman–Crippen LogP) is 1.73. The zero-order chi connectivity index (χ0) is 15.6. The topological polar surface area (TPSA) is 99.1 Å². The quantitative estimate of drug-likeness (QED) is 0.721. The van der Waals surface area contributed by atoms with Gasteiger partial charge in [0.1, 0.15) is 11.3 Å². The molecule has 1 aromatic carbocycles. The van der Waals surface area contributed by atoms with Gasteiger partial charge in [-0.1, -0.05) is 0 Å². The van der Waals surface area contributed by atoms with Gasteiger partial charge in [0.15, 0.2) is 0 Å². The van der Waals surface area contributed by atoms with E-state index in [0.717, 1.165) is 0 Å². The molecule has 0 saturated carbocycles. The van der Waals surface area contributed by atoms with Gasteiger partial charge >= 0.3 is 12.0 Å². The maximum atomic E-state index is 12.2. The summed E-state index contributed by atoms with van der Waals surface area (Å²) >= 11 is 0. The molecule has 0 bridgehead atoms. The molecule has 7 nitrogen and oxygen atoms in total. The van der Waals surface area contributed by atoms with E-state index in [1.165, 1.54) is 18.2 Å². The number of benzene rings is 1. The van der Waals surface area contributed by atoms with Crippen LogP contribution in [0.2, 0.25) is 0 Å². The van der Waals surface area contributed by atoms with Crippen molar-refractivity contribution in [3.05, 3.63) is 23.8 Å². The molecule has 1 aliphatic rings. The molecule has 1 saturated heterocycles. The highest BCUT2D eigenvalue weighted by Crippen LogP contribution is 2.22. The lowest BCUT2D eigenvalue weighted by molar-refractivity contribution is -0.0530. The van der Waals surface area contributed by atoms with E-state index in [4.69, 9.17) is 9.84 Å². The molecule has 1 heterocycles. The molecule has 21 heavy (non-hydrogen) atoms. The number of carbonyl (C=O) groups is 2. The van der Waals surface area contributed by atoms with E-state index in [1.807, 2.05) is 13.8 Å². The first-order valence-corrected chi connectivity index (χ1v) is 6.64. The highest BCUT2D eigenvalue weighted by atomic mass is 16.5. The Kier molecular flexibility index (Phi) is 4.32. The molecule has 0 aliphatic carbocycles. The average molecular weight is 294 g/mol. The lowest BCUT2D eigenvalue weighted by Gasteiger charge is -2.35. The Labute approximate surface area is 122 Å². The summed E-state index contributed by atoms with van der Waals surface area (Å²) in [5.74, 6) is -1.59. The highest BCUT2D eigenvalue weighted by molar-refractivity contribution is 5.95. The predicted molar refractivity (Wildman–Crippen MR) is 75.7 cm³/mol. The van der Waals surface area contributed by atoms with Crippen LogP contribution in [0.4, 0.5) is 10.5 Å². The number of carboxylic acids is 1. The summed E-state index contributed by atoms with van der Waals surface area (Å²) in [6.07, 6.45) is -0.0946. The van der Waals surface area contributed by atoms with E-state index in [9.17, 15) is 14.7 Å².